The van der Waals surface area contributed by atoms with Crippen LogP contribution < -0.4 is 5.32 Å². The Kier molecular flexibility index (Phi) is 9.22. The molecule has 1 aliphatic carbocycles. The minimum Gasteiger partial charge on any atom is -0.352 e. The molecule has 1 atom stereocenters. The first-order valence-corrected chi connectivity index (χ1v) is 12.9. The van der Waals surface area contributed by atoms with Crippen LogP contribution in [0.2, 0.25) is 0 Å². The Morgan fingerprint density at radius 1 is 1.00 bits per heavy atom. The summed E-state index contributed by atoms with van der Waals surface area (Å²) in [5, 5.41) is 3.20. The van der Waals surface area contributed by atoms with E-state index in [9.17, 15) is 9.59 Å². The van der Waals surface area contributed by atoms with Crippen LogP contribution >= 0.6 is 11.8 Å². The van der Waals surface area contributed by atoms with E-state index in [0.29, 0.717) is 12.3 Å². The van der Waals surface area contributed by atoms with Gasteiger partial charge in [0, 0.05) is 18.3 Å². The molecule has 0 unspecified atom stereocenters. The Bertz CT molecular complexity index is 891. The molecule has 0 heterocycles. The maximum absolute atomic E-state index is 13.2. The summed E-state index contributed by atoms with van der Waals surface area (Å²) in [7, 11) is 0. The molecule has 5 heteroatoms. The number of hydrogen-bond donors (Lipinski definition) is 1. The summed E-state index contributed by atoms with van der Waals surface area (Å²) in [6.45, 7) is 6.43. The lowest BCUT2D eigenvalue weighted by Crippen LogP contribution is -2.50. The van der Waals surface area contributed by atoms with E-state index in [4.69, 9.17) is 0 Å². The fourth-order valence-electron chi connectivity index (χ4n) is 4.18. The number of hydrogen-bond acceptors (Lipinski definition) is 3. The van der Waals surface area contributed by atoms with Crippen molar-refractivity contribution in [2.75, 3.05) is 5.75 Å². The highest BCUT2D eigenvalue weighted by Crippen LogP contribution is 2.19. The quantitative estimate of drug-likeness (QED) is 0.554. The lowest BCUT2D eigenvalue weighted by atomic mass is 9.95. The van der Waals surface area contributed by atoms with Crippen molar-refractivity contribution >= 4 is 23.6 Å². The number of benzene rings is 2. The Morgan fingerprint density at radius 3 is 2.41 bits per heavy atom. The van der Waals surface area contributed by atoms with Gasteiger partial charge in [-0.1, -0.05) is 78.9 Å². The number of rotatable bonds is 9. The maximum Gasteiger partial charge on any atom is 0.242 e. The molecule has 1 aliphatic rings. The topological polar surface area (TPSA) is 49.4 Å². The summed E-state index contributed by atoms with van der Waals surface area (Å²) in [6, 6.07) is 16.3. The van der Waals surface area contributed by atoms with Crippen molar-refractivity contribution in [2.45, 2.75) is 77.3 Å². The Balaban J connectivity index is 1.64. The van der Waals surface area contributed by atoms with Gasteiger partial charge in [-0.05, 0) is 44.7 Å². The zero-order valence-corrected chi connectivity index (χ0v) is 20.4. The van der Waals surface area contributed by atoms with Crippen LogP contribution in [0.5, 0.6) is 0 Å². The molecular formula is C27H36N2O2S. The van der Waals surface area contributed by atoms with E-state index in [2.05, 4.69) is 42.6 Å². The summed E-state index contributed by atoms with van der Waals surface area (Å²) in [5.41, 5.74) is 4.65. The monoisotopic (exact) mass is 452 g/mol. The number of amides is 2. The van der Waals surface area contributed by atoms with Crippen LogP contribution in [0.3, 0.4) is 0 Å². The molecule has 0 bridgehead atoms. The van der Waals surface area contributed by atoms with Gasteiger partial charge in [-0.3, -0.25) is 9.59 Å². The molecule has 0 spiro atoms. The minimum atomic E-state index is -0.495. The molecule has 32 heavy (non-hydrogen) atoms. The first-order chi connectivity index (χ1) is 15.4. The summed E-state index contributed by atoms with van der Waals surface area (Å²) >= 11 is 1.60. The van der Waals surface area contributed by atoms with Gasteiger partial charge >= 0.3 is 0 Å². The van der Waals surface area contributed by atoms with Crippen molar-refractivity contribution in [1.82, 2.24) is 10.2 Å². The standard InChI is InChI=1S/C27H36N2O2S/c1-20-12-14-23(15-13-20)18-32-19-26(30)29(17-24-9-7-8-21(2)16-24)22(3)27(31)28-25-10-5-4-6-11-25/h7-9,12-16,22,25H,4-6,10-11,17-19H2,1-3H3,(H,28,31)/t22-/m1/s1. The molecule has 1 saturated carbocycles. The Hall–Kier alpha value is -2.27. The number of thioether (sulfide) groups is 1. The summed E-state index contributed by atoms with van der Waals surface area (Å²) in [6.07, 6.45) is 5.66. The molecule has 2 aromatic rings. The van der Waals surface area contributed by atoms with Gasteiger partial charge in [-0.15, -0.1) is 11.8 Å². The van der Waals surface area contributed by atoms with E-state index in [1.807, 2.05) is 32.0 Å². The molecule has 0 saturated heterocycles. The lowest BCUT2D eigenvalue weighted by molar-refractivity contribution is -0.139. The zero-order chi connectivity index (χ0) is 22.9. The van der Waals surface area contributed by atoms with Crippen LogP contribution in [0, 0.1) is 13.8 Å². The van der Waals surface area contributed by atoms with Gasteiger partial charge in [0.2, 0.25) is 11.8 Å². The molecule has 4 nitrogen and oxygen atoms in total. The third kappa shape index (κ3) is 7.40. The van der Waals surface area contributed by atoms with E-state index in [1.165, 1.54) is 30.4 Å². The van der Waals surface area contributed by atoms with Gasteiger partial charge in [0.25, 0.3) is 0 Å². The van der Waals surface area contributed by atoms with Crippen molar-refractivity contribution in [1.29, 1.82) is 0 Å². The lowest BCUT2D eigenvalue weighted by Gasteiger charge is -2.31. The molecule has 0 aliphatic heterocycles. The third-order valence-corrected chi connectivity index (χ3v) is 7.16. The van der Waals surface area contributed by atoms with Gasteiger partial charge < -0.3 is 10.2 Å². The zero-order valence-electron chi connectivity index (χ0n) is 19.6. The van der Waals surface area contributed by atoms with E-state index >= 15 is 0 Å². The first kappa shape index (κ1) is 24.4. The molecule has 0 aromatic heterocycles. The van der Waals surface area contributed by atoms with Crippen molar-refractivity contribution in [3.8, 4) is 0 Å². The molecule has 1 fully saturated rings. The van der Waals surface area contributed by atoms with E-state index in [-0.39, 0.29) is 17.9 Å². The average molecular weight is 453 g/mol. The highest BCUT2D eigenvalue weighted by Gasteiger charge is 2.28. The number of nitrogens with one attached hydrogen (secondary N) is 1. The minimum absolute atomic E-state index is 0.00918. The highest BCUT2D eigenvalue weighted by atomic mass is 32.2. The second-order valence-electron chi connectivity index (χ2n) is 9.01. The van der Waals surface area contributed by atoms with Crippen LogP contribution in [-0.2, 0) is 21.9 Å². The molecule has 3 rings (SSSR count). The van der Waals surface area contributed by atoms with Crippen molar-refractivity contribution < 1.29 is 9.59 Å². The maximum atomic E-state index is 13.2. The third-order valence-electron chi connectivity index (χ3n) is 6.17. The van der Waals surface area contributed by atoms with E-state index < -0.39 is 6.04 Å². The number of nitrogens with zero attached hydrogens (tertiary/aromatic N) is 1. The molecule has 2 aromatic carbocycles. The molecule has 2 amide bonds. The smallest absolute Gasteiger partial charge is 0.242 e. The van der Waals surface area contributed by atoms with Crippen molar-refractivity contribution in [3.05, 3.63) is 70.8 Å². The Labute approximate surface area is 197 Å². The summed E-state index contributed by atoms with van der Waals surface area (Å²) in [4.78, 5) is 28.0. The van der Waals surface area contributed by atoms with Gasteiger partial charge in [0.1, 0.15) is 6.04 Å². The molecule has 172 valence electrons. The second-order valence-corrected chi connectivity index (χ2v) is 9.99. The van der Waals surface area contributed by atoms with Crippen molar-refractivity contribution in [2.24, 2.45) is 0 Å². The van der Waals surface area contributed by atoms with Crippen LogP contribution in [0.15, 0.2) is 48.5 Å². The first-order valence-electron chi connectivity index (χ1n) is 11.7. The SMILES string of the molecule is Cc1ccc(CSCC(=O)N(Cc2cccc(C)c2)[C@H](C)C(=O)NC2CCCCC2)cc1. The molecule has 0 radical (unpaired) electrons. The fraction of sp³-hybridized carbons (Fsp3) is 0.481. The van der Waals surface area contributed by atoms with Crippen LogP contribution in [0.4, 0.5) is 0 Å². The molecular weight excluding hydrogens is 416 g/mol. The normalized spacial score (nSPS) is 15.2. The summed E-state index contributed by atoms with van der Waals surface area (Å²) in [5.74, 6) is 1.12. The van der Waals surface area contributed by atoms with Gasteiger partial charge in [0.05, 0.1) is 5.75 Å². The molecule has 1 N–H and O–H groups in total. The van der Waals surface area contributed by atoms with Gasteiger partial charge in [-0.2, -0.15) is 0 Å². The van der Waals surface area contributed by atoms with Gasteiger partial charge in [-0.25, -0.2) is 0 Å². The van der Waals surface area contributed by atoms with Crippen LogP contribution in [-0.4, -0.2) is 34.6 Å². The number of aryl methyl sites for hydroxylation is 2. The predicted octanol–water partition coefficient (Wildman–Crippen LogP) is 5.40. The fourth-order valence-corrected chi connectivity index (χ4v) is 5.05. The van der Waals surface area contributed by atoms with E-state index in [0.717, 1.165) is 29.7 Å². The second kappa shape index (κ2) is 12.1. The van der Waals surface area contributed by atoms with Crippen LogP contribution in [0.25, 0.3) is 0 Å². The predicted molar refractivity (Wildman–Crippen MR) is 134 cm³/mol. The summed E-state index contributed by atoms with van der Waals surface area (Å²) < 4.78 is 0. The van der Waals surface area contributed by atoms with Gasteiger partial charge in [0.15, 0.2) is 0 Å². The number of carbonyl (C=O) groups excluding carboxylic acids is 2. The van der Waals surface area contributed by atoms with Crippen LogP contribution in [0.1, 0.15) is 61.3 Å². The van der Waals surface area contributed by atoms with Crippen molar-refractivity contribution in [3.63, 3.8) is 0 Å². The Morgan fingerprint density at radius 2 is 1.72 bits per heavy atom. The van der Waals surface area contributed by atoms with E-state index in [1.54, 1.807) is 16.7 Å². The number of carbonyl (C=O) groups is 2. The average Bonchev–Trinajstić information content (AvgIpc) is 2.79. The highest BCUT2D eigenvalue weighted by molar-refractivity contribution is 7.99. The largest absolute Gasteiger partial charge is 0.352 e.